The minimum Gasteiger partial charge on any atom is -0.452 e. The highest BCUT2D eigenvalue weighted by atomic mass is 35.5. The van der Waals surface area contributed by atoms with E-state index in [9.17, 15) is 32.9 Å². The number of amides is 1. The van der Waals surface area contributed by atoms with Gasteiger partial charge in [-0.15, -0.1) is 11.8 Å². The van der Waals surface area contributed by atoms with Gasteiger partial charge in [0.2, 0.25) is 0 Å². The molecular formula is C18H14ClF3N2O5S. The number of thioether (sulfide) groups is 1. The topological polar surface area (TPSA) is 98.5 Å². The number of halogens is 4. The summed E-state index contributed by atoms with van der Waals surface area (Å²) >= 11 is 7.04. The number of hydrogen-bond acceptors (Lipinski definition) is 6. The summed E-state index contributed by atoms with van der Waals surface area (Å²) in [5, 5.41) is 13.1. The molecule has 0 fully saturated rings. The third kappa shape index (κ3) is 6.36. The maximum Gasteiger partial charge on any atom is 0.418 e. The second-order valence-electron chi connectivity index (χ2n) is 5.83. The summed E-state index contributed by atoms with van der Waals surface area (Å²) in [6.45, 7) is 1.19. The number of rotatable bonds is 7. The van der Waals surface area contributed by atoms with Gasteiger partial charge in [0.05, 0.1) is 26.9 Å². The first-order valence-electron chi connectivity index (χ1n) is 8.22. The number of ether oxygens (including phenoxy) is 1. The molecule has 160 valence electrons. The monoisotopic (exact) mass is 462 g/mol. The van der Waals surface area contributed by atoms with E-state index in [1.165, 1.54) is 6.92 Å². The van der Waals surface area contributed by atoms with E-state index in [0.29, 0.717) is 16.0 Å². The fourth-order valence-electron chi connectivity index (χ4n) is 2.21. The van der Waals surface area contributed by atoms with Crippen LogP contribution in [-0.4, -0.2) is 28.7 Å². The van der Waals surface area contributed by atoms with Crippen LogP contribution in [0.3, 0.4) is 0 Å². The normalized spacial score (nSPS) is 12.2. The van der Waals surface area contributed by atoms with Crippen LogP contribution in [0.5, 0.6) is 0 Å². The molecule has 1 amide bonds. The standard InChI is InChI=1S/C18H14ClF3N2O5S/c1-10(29-16(25)9-30-15-5-3-2-4-13(15)19)17(26)23-14-7-6-11(24(27)28)8-12(14)18(20,21)22/h2-8,10H,9H2,1H3,(H,23,26). The van der Waals surface area contributed by atoms with Crippen molar-refractivity contribution in [1.29, 1.82) is 0 Å². The van der Waals surface area contributed by atoms with Crippen LogP contribution in [0.4, 0.5) is 24.5 Å². The molecule has 0 heterocycles. The summed E-state index contributed by atoms with van der Waals surface area (Å²) in [5.41, 5.74) is -2.86. The number of nitrogens with zero attached hydrogens (tertiary/aromatic N) is 1. The number of nitro benzene ring substituents is 1. The van der Waals surface area contributed by atoms with Crippen molar-refractivity contribution in [3.05, 3.63) is 63.2 Å². The van der Waals surface area contributed by atoms with Crippen molar-refractivity contribution < 1.29 is 32.4 Å². The third-order valence-corrected chi connectivity index (χ3v) is 5.13. The second kappa shape index (κ2) is 9.81. The van der Waals surface area contributed by atoms with Gasteiger partial charge < -0.3 is 10.1 Å². The predicted molar refractivity (Wildman–Crippen MR) is 104 cm³/mol. The molecule has 0 radical (unpaired) electrons. The molecule has 7 nitrogen and oxygen atoms in total. The Bertz CT molecular complexity index is 971. The molecule has 0 aromatic heterocycles. The van der Waals surface area contributed by atoms with E-state index in [-0.39, 0.29) is 5.75 Å². The van der Waals surface area contributed by atoms with E-state index in [1.807, 2.05) is 5.32 Å². The average Bonchev–Trinajstić information content (AvgIpc) is 2.66. The van der Waals surface area contributed by atoms with Gasteiger partial charge in [-0.3, -0.25) is 19.7 Å². The number of carbonyl (C=O) groups excluding carboxylic acids is 2. The van der Waals surface area contributed by atoms with Crippen LogP contribution >= 0.6 is 23.4 Å². The molecule has 12 heteroatoms. The van der Waals surface area contributed by atoms with E-state index in [2.05, 4.69) is 0 Å². The molecule has 0 saturated heterocycles. The largest absolute Gasteiger partial charge is 0.452 e. The van der Waals surface area contributed by atoms with Crippen LogP contribution in [-0.2, 0) is 20.5 Å². The minimum atomic E-state index is -4.94. The first kappa shape index (κ1) is 23.5. The molecule has 2 aromatic rings. The Hall–Kier alpha value is -2.79. The van der Waals surface area contributed by atoms with Crippen molar-refractivity contribution in [1.82, 2.24) is 0 Å². The van der Waals surface area contributed by atoms with Gasteiger partial charge in [0.25, 0.3) is 11.6 Å². The molecule has 2 aromatic carbocycles. The van der Waals surface area contributed by atoms with Crippen molar-refractivity contribution in [2.45, 2.75) is 24.1 Å². The van der Waals surface area contributed by atoms with Crippen LogP contribution in [0, 0.1) is 10.1 Å². The Morgan fingerprint density at radius 1 is 1.27 bits per heavy atom. The molecule has 0 aliphatic rings. The van der Waals surface area contributed by atoms with Crippen LogP contribution in [0.1, 0.15) is 12.5 Å². The van der Waals surface area contributed by atoms with Crippen molar-refractivity contribution in [3.63, 3.8) is 0 Å². The van der Waals surface area contributed by atoms with Crippen LogP contribution in [0.2, 0.25) is 5.02 Å². The molecule has 0 aliphatic heterocycles. The molecule has 0 spiro atoms. The molecule has 1 N–H and O–H groups in total. The lowest BCUT2D eigenvalue weighted by Gasteiger charge is -2.17. The van der Waals surface area contributed by atoms with E-state index >= 15 is 0 Å². The van der Waals surface area contributed by atoms with E-state index in [1.54, 1.807) is 24.3 Å². The van der Waals surface area contributed by atoms with Gasteiger partial charge in [-0.1, -0.05) is 23.7 Å². The van der Waals surface area contributed by atoms with E-state index in [0.717, 1.165) is 23.9 Å². The number of benzene rings is 2. The predicted octanol–water partition coefficient (Wildman–Crippen LogP) is 4.93. The van der Waals surface area contributed by atoms with Gasteiger partial charge in [-0.2, -0.15) is 13.2 Å². The Morgan fingerprint density at radius 3 is 2.53 bits per heavy atom. The number of non-ortho nitro benzene ring substituents is 1. The number of nitrogens with one attached hydrogen (secondary N) is 1. The van der Waals surface area contributed by atoms with Gasteiger partial charge in [0.1, 0.15) is 0 Å². The van der Waals surface area contributed by atoms with Crippen molar-refractivity contribution in [3.8, 4) is 0 Å². The molecule has 30 heavy (non-hydrogen) atoms. The van der Waals surface area contributed by atoms with Crippen LogP contribution in [0.25, 0.3) is 0 Å². The first-order valence-corrected chi connectivity index (χ1v) is 9.58. The Labute approximate surface area is 177 Å². The zero-order valence-corrected chi connectivity index (χ0v) is 16.8. The van der Waals surface area contributed by atoms with Gasteiger partial charge in [0.15, 0.2) is 6.10 Å². The molecular weight excluding hydrogens is 449 g/mol. The van der Waals surface area contributed by atoms with E-state index < -0.39 is 46.0 Å². The summed E-state index contributed by atoms with van der Waals surface area (Å²) in [6.07, 6.45) is -6.35. The highest BCUT2D eigenvalue weighted by Crippen LogP contribution is 2.37. The quantitative estimate of drug-likeness (QED) is 0.271. The number of hydrogen-bond donors (Lipinski definition) is 1. The van der Waals surface area contributed by atoms with Gasteiger partial charge in [0, 0.05) is 17.0 Å². The minimum absolute atomic E-state index is 0.174. The Balaban J connectivity index is 2.02. The number of alkyl halides is 3. The summed E-state index contributed by atoms with van der Waals surface area (Å²) in [7, 11) is 0. The van der Waals surface area contributed by atoms with Crippen LogP contribution < -0.4 is 5.32 Å². The maximum absolute atomic E-state index is 13.2. The van der Waals surface area contributed by atoms with Gasteiger partial charge in [-0.25, -0.2) is 0 Å². The third-order valence-electron chi connectivity index (χ3n) is 3.64. The zero-order valence-electron chi connectivity index (χ0n) is 15.2. The van der Waals surface area contributed by atoms with Gasteiger partial charge >= 0.3 is 12.1 Å². The molecule has 0 aliphatic carbocycles. The highest BCUT2D eigenvalue weighted by Gasteiger charge is 2.36. The lowest BCUT2D eigenvalue weighted by Crippen LogP contribution is -2.31. The average molecular weight is 463 g/mol. The molecule has 1 atom stereocenters. The maximum atomic E-state index is 13.2. The summed E-state index contributed by atoms with van der Waals surface area (Å²) in [5.74, 6) is -1.97. The molecule has 0 bridgehead atoms. The number of nitro groups is 1. The zero-order chi connectivity index (χ0) is 22.5. The fraction of sp³-hybridized carbons (Fsp3) is 0.222. The summed E-state index contributed by atoms with van der Waals surface area (Å²) in [6, 6.07) is 8.65. The summed E-state index contributed by atoms with van der Waals surface area (Å²) in [4.78, 5) is 34.4. The molecule has 2 rings (SSSR count). The highest BCUT2D eigenvalue weighted by molar-refractivity contribution is 8.00. The second-order valence-corrected chi connectivity index (χ2v) is 7.25. The first-order chi connectivity index (χ1) is 14.0. The lowest BCUT2D eigenvalue weighted by molar-refractivity contribution is -0.385. The van der Waals surface area contributed by atoms with Crippen molar-refractivity contribution in [2.24, 2.45) is 0 Å². The number of carbonyl (C=O) groups is 2. The summed E-state index contributed by atoms with van der Waals surface area (Å²) < 4.78 is 44.5. The smallest absolute Gasteiger partial charge is 0.418 e. The Kier molecular flexibility index (Phi) is 7.68. The van der Waals surface area contributed by atoms with E-state index in [4.69, 9.17) is 16.3 Å². The van der Waals surface area contributed by atoms with Crippen LogP contribution in [0.15, 0.2) is 47.4 Å². The fourth-order valence-corrected chi connectivity index (χ4v) is 3.23. The number of anilines is 1. The molecule has 1 unspecified atom stereocenters. The SMILES string of the molecule is CC(OC(=O)CSc1ccccc1Cl)C(=O)Nc1ccc([N+](=O)[O-])cc1C(F)(F)F. The Morgan fingerprint density at radius 2 is 1.93 bits per heavy atom. The lowest BCUT2D eigenvalue weighted by atomic mass is 10.1. The van der Waals surface area contributed by atoms with Gasteiger partial charge in [-0.05, 0) is 25.1 Å². The number of esters is 1. The molecule has 0 saturated carbocycles. The van der Waals surface area contributed by atoms with Crippen molar-refractivity contribution >= 4 is 46.6 Å². The van der Waals surface area contributed by atoms with Crippen molar-refractivity contribution in [2.75, 3.05) is 11.1 Å².